The second kappa shape index (κ2) is 7.88. The number of nitrogens with one attached hydrogen (secondary N) is 1. The predicted molar refractivity (Wildman–Crippen MR) is 83.2 cm³/mol. The summed E-state index contributed by atoms with van der Waals surface area (Å²) in [5, 5.41) is 3.54. The molecule has 21 heavy (non-hydrogen) atoms. The maximum Gasteiger partial charge on any atom is 0.129 e. The van der Waals surface area contributed by atoms with Gasteiger partial charge in [-0.2, -0.15) is 0 Å². The fraction of sp³-hybridized carbons (Fsp3) is 0.667. The molecule has 0 aliphatic heterocycles. The molecule has 1 aliphatic carbocycles. The summed E-state index contributed by atoms with van der Waals surface area (Å²) in [5.74, 6) is 0.895. The lowest BCUT2D eigenvalue weighted by Crippen LogP contribution is -2.33. The van der Waals surface area contributed by atoms with Gasteiger partial charge < -0.3 is 5.32 Å². The highest BCUT2D eigenvalue weighted by Gasteiger charge is 2.25. The second-order valence-corrected chi connectivity index (χ2v) is 6.80. The summed E-state index contributed by atoms with van der Waals surface area (Å²) in [7, 11) is 0. The quantitative estimate of drug-likeness (QED) is 0.811. The zero-order valence-electron chi connectivity index (χ0n) is 13.2. The second-order valence-electron chi connectivity index (χ2n) is 6.80. The van der Waals surface area contributed by atoms with Crippen LogP contribution >= 0.6 is 0 Å². The fourth-order valence-electron chi connectivity index (χ4n) is 3.35. The smallest absolute Gasteiger partial charge is 0.129 e. The van der Waals surface area contributed by atoms with Crippen LogP contribution in [0.1, 0.15) is 45.1 Å². The van der Waals surface area contributed by atoms with Gasteiger partial charge >= 0.3 is 0 Å². The molecule has 118 valence electrons. The van der Waals surface area contributed by atoms with Crippen molar-refractivity contribution in [3.8, 4) is 0 Å². The van der Waals surface area contributed by atoms with Crippen molar-refractivity contribution < 1.29 is 8.78 Å². The molecule has 1 aromatic rings. The maximum atomic E-state index is 13.8. The largest absolute Gasteiger partial charge is 0.316 e. The lowest BCUT2D eigenvalue weighted by Gasteiger charge is -2.32. The molecule has 0 bridgehead atoms. The molecule has 0 spiro atoms. The van der Waals surface area contributed by atoms with Crippen molar-refractivity contribution in [3.63, 3.8) is 0 Å². The van der Waals surface area contributed by atoms with Crippen LogP contribution in [0, 0.1) is 29.4 Å². The summed E-state index contributed by atoms with van der Waals surface area (Å²) < 4.78 is 26.8. The molecule has 1 nitrogen and oxygen atoms in total. The van der Waals surface area contributed by atoms with Gasteiger partial charge in [-0.25, -0.2) is 8.78 Å². The molecule has 3 heteroatoms. The van der Waals surface area contributed by atoms with Gasteiger partial charge in [0.1, 0.15) is 11.6 Å². The number of hydrogen-bond acceptors (Lipinski definition) is 1. The van der Waals surface area contributed by atoms with Crippen molar-refractivity contribution >= 4 is 0 Å². The monoisotopic (exact) mass is 295 g/mol. The zero-order valence-corrected chi connectivity index (χ0v) is 13.2. The van der Waals surface area contributed by atoms with Crippen molar-refractivity contribution in [3.05, 3.63) is 35.4 Å². The van der Waals surface area contributed by atoms with E-state index in [0.717, 1.165) is 32.0 Å². The first-order chi connectivity index (χ1) is 10.1. The van der Waals surface area contributed by atoms with E-state index >= 15 is 0 Å². The lowest BCUT2D eigenvalue weighted by molar-refractivity contribution is 0.225. The standard InChI is InChI=1S/C18H27F2N/c1-13(2)11-21-12-16-6-4-3-5-14(16)9-15-7-8-17(19)10-18(15)20/h7-8,10,13-14,16,21H,3-6,9,11-12H2,1-2H3. The molecule has 1 aliphatic rings. The van der Waals surface area contributed by atoms with Crippen LogP contribution in [0.5, 0.6) is 0 Å². The van der Waals surface area contributed by atoms with E-state index in [9.17, 15) is 8.78 Å². The summed E-state index contributed by atoms with van der Waals surface area (Å²) >= 11 is 0. The molecule has 0 amide bonds. The van der Waals surface area contributed by atoms with Crippen LogP contribution in [0.3, 0.4) is 0 Å². The topological polar surface area (TPSA) is 12.0 Å². The van der Waals surface area contributed by atoms with Crippen LogP contribution < -0.4 is 5.32 Å². The van der Waals surface area contributed by atoms with Gasteiger partial charge in [0, 0.05) is 6.07 Å². The minimum absolute atomic E-state index is 0.394. The van der Waals surface area contributed by atoms with Gasteiger partial charge in [-0.1, -0.05) is 32.8 Å². The molecule has 1 fully saturated rings. The summed E-state index contributed by atoms with van der Waals surface area (Å²) in [5.41, 5.74) is 0.664. The van der Waals surface area contributed by atoms with Crippen molar-refractivity contribution in [2.24, 2.45) is 17.8 Å². The molecule has 0 radical (unpaired) electrons. The van der Waals surface area contributed by atoms with Crippen LogP contribution in [-0.2, 0) is 6.42 Å². The summed E-state index contributed by atoms with van der Waals surface area (Å²) in [6.45, 7) is 6.47. The van der Waals surface area contributed by atoms with E-state index in [1.165, 1.54) is 25.3 Å². The van der Waals surface area contributed by atoms with E-state index in [1.54, 1.807) is 6.07 Å². The zero-order chi connectivity index (χ0) is 15.2. The van der Waals surface area contributed by atoms with Crippen LogP contribution in [0.25, 0.3) is 0 Å². The average molecular weight is 295 g/mol. The normalized spacial score (nSPS) is 22.7. The van der Waals surface area contributed by atoms with E-state index in [2.05, 4.69) is 19.2 Å². The van der Waals surface area contributed by atoms with Gasteiger partial charge in [-0.3, -0.25) is 0 Å². The van der Waals surface area contributed by atoms with Crippen molar-refractivity contribution in [2.45, 2.75) is 46.0 Å². The average Bonchev–Trinajstić information content (AvgIpc) is 2.43. The number of hydrogen-bond donors (Lipinski definition) is 1. The molecule has 1 N–H and O–H groups in total. The first kappa shape index (κ1) is 16.4. The Morgan fingerprint density at radius 2 is 1.86 bits per heavy atom. The molecule has 0 saturated heterocycles. The molecule has 1 saturated carbocycles. The highest BCUT2D eigenvalue weighted by molar-refractivity contribution is 5.19. The maximum absolute atomic E-state index is 13.8. The Hall–Kier alpha value is -0.960. The molecule has 2 rings (SSSR count). The Kier molecular flexibility index (Phi) is 6.16. The molecule has 2 unspecified atom stereocenters. The van der Waals surface area contributed by atoms with E-state index in [-0.39, 0.29) is 0 Å². The number of benzene rings is 1. The lowest BCUT2D eigenvalue weighted by atomic mass is 9.76. The van der Waals surface area contributed by atoms with Crippen LogP contribution in [-0.4, -0.2) is 13.1 Å². The molecule has 1 aromatic carbocycles. The van der Waals surface area contributed by atoms with Gasteiger partial charge in [-0.15, -0.1) is 0 Å². The Balaban J connectivity index is 1.94. The summed E-state index contributed by atoms with van der Waals surface area (Å²) in [4.78, 5) is 0. The molecule has 0 heterocycles. The Morgan fingerprint density at radius 1 is 1.14 bits per heavy atom. The van der Waals surface area contributed by atoms with Crippen LogP contribution in [0.4, 0.5) is 8.78 Å². The fourth-order valence-corrected chi connectivity index (χ4v) is 3.35. The van der Waals surface area contributed by atoms with E-state index in [4.69, 9.17) is 0 Å². The number of halogens is 2. The van der Waals surface area contributed by atoms with E-state index in [0.29, 0.717) is 23.3 Å². The summed E-state index contributed by atoms with van der Waals surface area (Å²) in [6, 6.07) is 3.98. The number of rotatable bonds is 6. The molecular formula is C18H27F2N. The first-order valence-electron chi connectivity index (χ1n) is 8.21. The third kappa shape index (κ3) is 5.06. The van der Waals surface area contributed by atoms with E-state index in [1.807, 2.05) is 0 Å². The van der Waals surface area contributed by atoms with Crippen molar-refractivity contribution in [1.29, 1.82) is 0 Å². The van der Waals surface area contributed by atoms with Crippen LogP contribution in [0.15, 0.2) is 18.2 Å². The Morgan fingerprint density at radius 3 is 2.52 bits per heavy atom. The highest BCUT2D eigenvalue weighted by Crippen LogP contribution is 2.32. The predicted octanol–water partition coefficient (Wildman–Crippen LogP) is 4.56. The van der Waals surface area contributed by atoms with Crippen LogP contribution in [0.2, 0.25) is 0 Å². The molecular weight excluding hydrogens is 268 g/mol. The minimum atomic E-state index is -0.491. The third-order valence-electron chi connectivity index (χ3n) is 4.52. The minimum Gasteiger partial charge on any atom is -0.316 e. The van der Waals surface area contributed by atoms with E-state index < -0.39 is 11.6 Å². The third-order valence-corrected chi connectivity index (χ3v) is 4.52. The van der Waals surface area contributed by atoms with Gasteiger partial charge in [0.2, 0.25) is 0 Å². The van der Waals surface area contributed by atoms with Gasteiger partial charge in [-0.05, 0) is 61.7 Å². The first-order valence-corrected chi connectivity index (χ1v) is 8.21. The van der Waals surface area contributed by atoms with Gasteiger partial charge in [0.25, 0.3) is 0 Å². The Labute approximate surface area is 127 Å². The van der Waals surface area contributed by atoms with Crippen molar-refractivity contribution in [2.75, 3.05) is 13.1 Å². The van der Waals surface area contributed by atoms with Crippen molar-refractivity contribution in [1.82, 2.24) is 5.32 Å². The van der Waals surface area contributed by atoms with Gasteiger partial charge in [0.05, 0.1) is 0 Å². The van der Waals surface area contributed by atoms with Gasteiger partial charge in [0.15, 0.2) is 0 Å². The molecule has 0 aromatic heterocycles. The summed E-state index contributed by atoms with van der Waals surface area (Å²) in [6.07, 6.45) is 5.62. The Bertz CT molecular complexity index is 445. The highest BCUT2D eigenvalue weighted by atomic mass is 19.1. The molecule has 2 atom stereocenters. The SMILES string of the molecule is CC(C)CNCC1CCCCC1Cc1ccc(F)cc1F.